The van der Waals surface area contributed by atoms with Crippen molar-refractivity contribution < 1.29 is 23.1 Å². The highest BCUT2D eigenvalue weighted by Crippen LogP contribution is 2.33. The van der Waals surface area contributed by atoms with Crippen LogP contribution in [0.5, 0.6) is 0 Å². The number of carbonyl (C=O) groups excluding carboxylic acids is 1. The highest BCUT2D eigenvalue weighted by molar-refractivity contribution is 14.1. The molecule has 0 unspecified atom stereocenters. The summed E-state index contributed by atoms with van der Waals surface area (Å²) >= 11 is 7.88. The van der Waals surface area contributed by atoms with Crippen LogP contribution in [0.2, 0.25) is 5.02 Å². The summed E-state index contributed by atoms with van der Waals surface area (Å²) in [6, 6.07) is 2.97. The van der Waals surface area contributed by atoms with E-state index in [0.717, 1.165) is 0 Å². The molecule has 0 heterocycles. The molecule has 0 saturated heterocycles. The number of halogens is 5. The van der Waals surface area contributed by atoms with Crippen molar-refractivity contribution in [1.82, 2.24) is 0 Å². The van der Waals surface area contributed by atoms with Gasteiger partial charge in [0.25, 0.3) is 5.91 Å². The van der Waals surface area contributed by atoms with Crippen LogP contribution in [0.1, 0.15) is 12.5 Å². The number of amides is 1. The number of hydrogen-bond donors (Lipinski definition) is 2. The third-order valence-corrected chi connectivity index (χ3v) is 4.29. The van der Waals surface area contributed by atoms with Crippen molar-refractivity contribution in [2.45, 2.75) is 25.6 Å². The van der Waals surface area contributed by atoms with Crippen LogP contribution in [-0.4, -0.2) is 22.8 Å². The van der Waals surface area contributed by atoms with E-state index in [9.17, 15) is 23.1 Å². The molecule has 1 aromatic carbocycles. The number of aliphatic hydroxyl groups is 1. The molecule has 0 fully saturated rings. The molecule has 0 aromatic heterocycles. The van der Waals surface area contributed by atoms with Crippen LogP contribution in [-0.2, 0) is 4.79 Å². The minimum absolute atomic E-state index is 0.125. The highest BCUT2D eigenvalue weighted by atomic mass is 127. The molecular weight excluding hydrogens is 397 g/mol. The van der Waals surface area contributed by atoms with Crippen LogP contribution >= 0.6 is 34.2 Å². The van der Waals surface area contributed by atoms with Crippen LogP contribution in [0, 0.1) is 10.5 Å². The largest absolute Gasteiger partial charge is 0.426 e. The maximum Gasteiger partial charge on any atom is 0.426 e. The molecule has 1 aromatic rings. The first-order valence-electron chi connectivity index (χ1n) is 5.03. The monoisotopic (exact) mass is 407 g/mol. The Hall–Kier alpha value is -0.540. The van der Waals surface area contributed by atoms with Gasteiger partial charge < -0.3 is 10.4 Å². The van der Waals surface area contributed by atoms with E-state index in [1.54, 1.807) is 13.0 Å². The van der Waals surface area contributed by atoms with Gasteiger partial charge in [-0.15, -0.1) is 0 Å². The minimum Gasteiger partial charge on any atom is -0.373 e. The molecule has 1 amide bonds. The lowest BCUT2D eigenvalue weighted by Gasteiger charge is -2.25. The maximum atomic E-state index is 12.5. The molecule has 0 aliphatic heterocycles. The number of alkyl halides is 3. The SMILES string of the molecule is Cc1c(NC(=O)[C@@](C)(O)C(F)(F)F)ccc(I)c1Cl. The summed E-state index contributed by atoms with van der Waals surface area (Å²) < 4.78 is 38.2. The first-order valence-corrected chi connectivity index (χ1v) is 6.49. The number of benzene rings is 1. The van der Waals surface area contributed by atoms with E-state index in [4.69, 9.17) is 11.6 Å². The van der Waals surface area contributed by atoms with Gasteiger partial charge in [-0.05, 0) is 54.1 Å². The van der Waals surface area contributed by atoms with Crippen LogP contribution in [0.25, 0.3) is 0 Å². The van der Waals surface area contributed by atoms with Crippen LogP contribution < -0.4 is 5.32 Å². The molecule has 0 spiro atoms. The third kappa shape index (κ3) is 3.32. The Labute approximate surface area is 126 Å². The summed E-state index contributed by atoms with van der Waals surface area (Å²) in [7, 11) is 0. The molecule has 0 saturated carbocycles. The van der Waals surface area contributed by atoms with Gasteiger partial charge in [0, 0.05) is 9.26 Å². The van der Waals surface area contributed by atoms with Crippen molar-refractivity contribution in [3.05, 3.63) is 26.3 Å². The molecule has 106 valence electrons. The Morgan fingerprint density at radius 1 is 1.42 bits per heavy atom. The lowest BCUT2D eigenvalue weighted by atomic mass is 10.1. The van der Waals surface area contributed by atoms with Gasteiger partial charge in [0.1, 0.15) is 0 Å². The van der Waals surface area contributed by atoms with Crippen molar-refractivity contribution in [1.29, 1.82) is 0 Å². The summed E-state index contributed by atoms with van der Waals surface area (Å²) in [6.07, 6.45) is -5.06. The Morgan fingerprint density at radius 2 is 1.95 bits per heavy atom. The van der Waals surface area contributed by atoms with Gasteiger partial charge >= 0.3 is 6.18 Å². The summed E-state index contributed by atoms with van der Waals surface area (Å²) in [4.78, 5) is 11.5. The molecule has 8 heteroatoms. The van der Waals surface area contributed by atoms with E-state index in [1.165, 1.54) is 6.07 Å². The summed E-state index contributed by atoms with van der Waals surface area (Å²) in [5.74, 6) is -1.56. The van der Waals surface area contributed by atoms with Gasteiger partial charge in [-0.3, -0.25) is 4.79 Å². The van der Waals surface area contributed by atoms with Crippen LogP contribution in [0.4, 0.5) is 18.9 Å². The predicted molar refractivity (Wildman–Crippen MR) is 74.2 cm³/mol. The summed E-state index contributed by atoms with van der Waals surface area (Å²) in [5.41, 5.74) is -2.91. The fourth-order valence-electron chi connectivity index (χ4n) is 1.16. The number of anilines is 1. The molecule has 0 aliphatic carbocycles. The Kier molecular flexibility index (Phi) is 4.74. The first kappa shape index (κ1) is 16.5. The number of carbonyl (C=O) groups is 1. The molecule has 0 aliphatic rings. The van der Waals surface area contributed by atoms with E-state index >= 15 is 0 Å². The van der Waals surface area contributed by atoms with Gasteiger partial charge in [0.15, 0.2) is 0 Å². The van der Waals surface area contributed by atoms with E-state index in [1.807, 2.05) is 27.9 Å². The molecular formula is C11H10ClF3INO2. The zero-order valence-electron chi connectivity index (χ0n) is 9.90. The van der Waals surface area contributed by atoms with Gasteiger partial charge in [0.2, 0.25) is 5.60 Å². The van der Waals surface area contributed by atoms with Crippen molar-refractivity contribution in [3.63, 3.8) is 0 Å². The Morgan fingerprint density at radius 3 is 2.42 bits per heavy atom. The highest BCUT2D eigenvalue weighted by Gasteiger charge is 2.55. The van der Waals surface area contributed by atoms with Crippen LogP contribution in [0.15, 0.2) is 12.1 Å². The smallest absolute Gasteiger partial charge is 0.373 e. The second-order valence-corrected chi connectivity index (χ2v) is 5.60. The van der Waals surface area contributed by atoms with E-state index in [0.29, 0.717) is 21.1 Å². The second kappa shape index (κ2) is 5.45. The number of hydrogen-bond acceptors (Lipinski definition) is 2. The van der Waals surface area contributed by atoms with Crippen molar-refractivity contribution in [2.75, 3.05) is 5.32 Å². The summed E-state index contributed by atoms with van der Waals surface area (Å²) in [5, 5.41) is 11.6. The molecule has 2 N–H and O–H groups in total. The standard InChI is InChI=1S/C11H10ClF3INO2/c1-5-7(4-3-6(16)8(5)12)17-9(18)10(2,19)11(13,14)15/h3-4,19H,1-2H3,(H,17,18)/t10-/m1/s1. The lowest BCUT2D eigenvalue weighted by Crippen LogP contribution is -2.52. The van der Waals surface area contributed by atoms with Crippen molar-refractivity contribution in [3.8, 4) is 0 Å². The maximum absolute atomic E-state index is 12.5. The summed E-state index contributed by atoms with van der Waals surface area (Å²) in [6.45, 7) is 1.95. The van der Waals surface area contributed by atoms with E-state index in [2.05, 4.69) is 0 Å². The fourth-order valence-corrected chi connectivity index (χ4v) is 1.91. The van der Waals surface area contributed by atoms with Crippen molar-refractivity contribution in [2.24, 2.45) is 0 Å². The van der Waals surface area contributed by atoms with E-state index < -0.39 is 17.7 Å². The van der Waals surface area contributed by atoms with E-state index in [-0.39, 0.29) is 5.69 Å². The van der Waals surface area contributed by atoms with Gasteiger partial charge in [-0.25, -0.2) is 0 Å². The molecule has 1 rings (SSSR count). The normalized spacial score (nSPS) is 14.9. The molecule has 1 atom stereocenters. The Balaban J connectivity index is 3.05. The van der Waals surface area contributed by atoms with Gasteiger partial charge in [-0.2, -0.15) is 13.2 Å². The number of nitrogens with one attached hydrogen (secondary N) is 1. The van der Waals surface area contributed by atoms with Gasteiger partial charge in [-0.1, -0.05) is 11.6 Å². The quantitative estimate of drug-likeness (QED) is 0.737. The third-order valence-electron chi connectivity index (χ3n) is 2.58. The average Bonchev–Trinajstić information content (AvgIpc) is 2.28. The lowest BCUT2D eigenvalue weighted by molar-refractivity contribution is -0.242. The minimum atomic E-state index is -5.06. The average molecular weight is 408 g/mol. The molecule has 0 radical (unpaired) electrons. The fraction of sp³-hybridized carbons (Fsp3) is 0.364. The van der Waals surface area contributed by atoms with Crippen molar-refractivity contribution >= 4 is 45.8 Å². The first-order chi connectivity index (χ1) is 8.48. The van der Waals surface area contributed by atoms with Crippen LogP contribution in [0.3, 0.4) is 0 Å². The molecule has 19 heavy (non-hydrogen) atoms. The topological polar surface area (TPSA) is 49.3 Å². The van der Waals surface area contributed by atoms with Gasteiger partial charge in [0.05, 0.1) is 5.02 Å². The molecule has 3 nitrogen and oxygen atoms in total. The second-order valence-electron chi connectivity index (χ2n) is 4.06. The Bertz CT molecular complexity index is 517. The molecule has 0 bridgehead atoms. The predicted octanol–water partition coefficient (Wildman–Crippen LogP) is 3.50. The zero-order valence-corrected chi connectivity index (χ0v) is 12.8. The zero-order chi connectivity index (χ0) is 15.0. The number of rotatable bonds is 2.